The number of alkyl halides is 3. The molecule has 4 rings (SSSR count). The normalized spacial score (nSPS) is 22.8. The summed E-state index contributed by atoms with van der Waals surface area (Å²) >= 11 is 0. The van der Waals surface area contributed by atoms with Gasteiger partial charge in [0.25, 0.3) is 0 Å². The number of hydrogen-bond donors (Lipinski definition) is 2. The van der Waals surface area contributed by atoms with Gasteiger partial charge in [0.2, 0.25) is 17.7 Å². The lowest BCUT2D eigenvalue weighted by Gasteiger charge is -2.38. The zero-order valence-electron chi connectivity index (χ0n) is 18.2. The van der Waals surface area contributed by atoms with Crippen LogP contribution in [0.4, 0.5) is 30.6 Å². The number of aromatic nitrogens is 3. The Morgan fingerprint density at radius 1 is 1.25 bits per heavy atom. The second-order valence-corrected chi connectivity index (χ2v) is 8.56. The average Bonchev–Trinajstić information content (AvgIpc) is 2.67. The number of rotatable bonds is 5. The van der Waals surface area contributed by atoms with Crippen molar-refractivity contribution in [2.24, 2.45) is 5.92 Å². The van der Waals surface area contributed by atoms with Crippen molar-refractivity contribution < 1.29 is 22.7 Å². The summed E-state index contributed by atoms with van der Waals surface area (Å²) in [5.41, 5.74) is 0.475. The van der Waals surface area contributed by atoms with Crippen LogP contribution in [0.15, 0.2) is 18.3 Å². The van der Waals surface area contributed by atoms with Gasteiger partial charge >= 0.3 is 6.18 Å². The molecule has 0 bridgehead atoms. The van der Waals surface area contributed by atoms with E-state index in [4.69, 9.17) is 4.74 Å². The molecule has 1 amide bonds. The van der Waals surface area contributed by atoms with Crippen LogP contribution in [0.3, 0.4) is 0 Å². The Bertz CT molecular complexity index is 1010. The summed E-state index contributed by atoms with van der Waals surface area (Å²) in [5, 5.41) is 6.19. The Labute approximate surface area is 183 Å². The molecule has 1 aliphatic carbocycles. The monoisotopic (exact) mass is 450 g/mol. The first-order chi connectivity index (χ1) is 15.0. The first-order valence-corrected chi connectivity index (χ1v) is 10.4. The van der Waals surface area contributed by atoms with Crippen molar-refractivity contribution in [1.82, 2.24) is 15.0 Å². The summed E-state index contributed by atoms with van der Waals surface area (Å²) in [5.74, 6) is 1.34. The van der Waals surface area contributed by atoms with E-state index in [1.165, 1.54) is 6.07 Å². The zero-order valence-corrected chi connectivity index (χ0v) is 18.2. The fraction of sp³-hybridized carbons (Fsp3) is 0.524. The Kier molecular flexibility index (Phi) is 5.59. The van der Waals surface area contributed by atoms with Crippen LogP contribution < -0.4 is 20.3 Å². The molecule has 2 aromatic heterocycles. The Hall–Kier alpha value is -3.11. The first kappa shape index (κ1) is 22.1. The molecule has 0 radical (unpaired) electrons. The molecular formula is C21H25F3N6O2. The van der Waals surface area contributed by atoms with Crippen molar-refractivity contribution in [1.29, 1.82) is 0 Å². The predicted octanol–water partition coefficient (Wildman–Crippen LogP) is 3.63. The van der Waals surface area contributed by atoms with E-state index in [0.717, 1.165) is 12.3 Å². The summed E-state index contributed by atoms with van der Waals surface area (Å²) in [6.07, 6.45) is -2.52. The van der Waals surface area contributed by atoms with Gasteiger partial charge in [0, 0.05) is 38.2 Å². The van der Waals surface area contributed by atoms with Crippen molar-refractivity contribution in [2.75, 3.05) is 22.6 Å². The van der Waals surface area contributed by atoms with E-state index in [1.54, 1.807) is 0 Å². The summed E-state index contributed by atoms with van der Waals surface area (Å²) in [6.45, 7) is 5.79. The van der Waals surface area contributed by atoms with Crippen LogP contribution in [0.1, 0.15) is 37.9 Å². The number of fused-ring (bicyclic) bond motifs is 1. The molecule has 2 aliphatic rings. The van der Waals surface area contributed by atoms with E-state index in [0.29, 0.717) is 36.0 Å². The molecule has 1 aliphatic heterocycles. The SMILES string of the molecule is Cc1nc(N[C@H]2C[C@H](Oc3ccc(C(F)(F)F)cn3)C2)nc2c1NC(=O)C(C(C)C)N2C. The van der Waals surface area contributed by atoms with Crippen LogP contribution in [0.5, 0.6) is 5.88 Å². The maximum Gasteiger partial charge on any atom is 0.417 e. The Morgan fingerprint density at radius 2 is 1.97 bits per heavy atom. The molecule has 172 valence electrons. The summed E-state index contributed by atoms with van der Waals surface area (Å²) in [6, 6.07) is 1.94. The third-order valence-electron chi connectivity index (χ3n) is 5.75. The second kappa shape index (κ2) is 8.10. The standard InChI is InChI=1S/C21H25F3N6O2/c1-10(2)17-19(31)28-16-11(3)26-20(29-18(16)30(17)4)27-13-7-14(8-13)32-15-6-5-12(9-25-15)21(22,23)24/h5-6,9-10,13-14,17H,7-8H2,1-4H3,(H,28,31)(H,26,27,29)/t13-,14-,17?. The summed E-state index contributed by atoms with van der Waals surface area (Å²) < 4.78 is 43.5. The predicted molar refractivity (Wildman–Crippen MR) is 113 cm³/mol. The van der Waals surface area contributed by atoms with Gasteiger partial charge in [0.05, 0.1) is 11.3 Å². The number of aryl methyl sites for hydroxylation is 1. The molecule has 3 heterocycles. The van der Waals surface area contributed by atoms with E-state index >= 15 is 0 Å². The van der Waals surface area contributed by atoms with Crippen LogP contribution in [0.25, 0.3) is 0 Å². The molecule has 2 aromatic rings. The highest BCUT2D eigenvalue weighted by Crippen LogP contribution is 2.35. The van der Waals surface area contributed by atoms with Gasteiger partial charge in [-0.3, -0.25) is 4.79 Å². The number of nitrogens with one attached hydrogen (secondary N) is 2. The molecule has 1 atom stereocenters. The number of ether oxygens (including phenoxy) is 1. The maximum absolute atomic E-state index is 12.6. The quantitative estimate of drug-likeness (QED) is 0.719. The molecule has 0 spiro atoms. The highest BCUT2D eigenvalue weighted by atomic mass is 19.4. The van der Waals surface area contributed by atoms with E-state index in [-0.39, 0.29) is 35.9 Å². The van der Waals surface area contributed by atoms with Gasteiger partial charge in [0.15, 0.2) is 5.82 Å². The highest BCUT2D eigenvalue weighted by Gasteiger charge is 2.37. The molecule has 2 N–H and O–H groups in total. The van der Waals surface area contributed by atoms with Gasteiger partial charge < -0.3 is 20.3 Å². The van der Waals surface area contributed by atoms with Crippen molar-refractivity contribution >= 4 is 23.4 Å². The second-order valence-electron chi connectivity index (χ2n) is 8.56. The molecule has 8 nitrogen and oxygen atoms in total. The molecule has 1 unspecified atom stereocenters. The van der Waals surface area contributed by atoms with Crippen molar-refractivity contribution in [3.05, 3.63) is 29.6 Å². The Morgan fingerprint density at radius 3 is 2.56 bits per heavy atom. The third-order valence-corrected chi connectivity index (χ3v) is 5.75. The Balaban J connectivity index is 1.37. The molecular weight excluding hydrogens is 425 g/mol. The average molecular weight is 450 g/mol. The number of anilines is 3. The fourth-order valence-corrected chi connectivity index (χ4v) is 4.03. The van der Waals surface area contributed by atoms with Crippen LogP contribution >= 0.6 is 0 Å². The van der Waals surface area contributed by atoms with Gasteiger partial charge in [0.1, 0.15) is 17.8 Å². The van der Waals surface area contributed by atoms with Crippen molar-refractivity contribution in [3.63, 3.8) is 0 Å². The lowest BCUT2D eigenvalue weighted by Crippen LogP contribution is -2.50. The fourth-order valence-electron chi connectivity index (χ4n) is 4.03. The molecule has 1 saturated carbocycles. The lowest BCUT2D eigenvalue weighted by molar-refractivity contribution is -0.137. The van der Waals surface area contributed by atoms with Gasteiger partial charge in [-0.15, -0.1) is 0 Å². The first-order valence-electron chi connectivity index (χ1n) is 10.4. The molecule has 0 saturated heterocycles. The number of nitrogens with zero attached hydrogens (tertiary/aromatic N) is 4. The minimum atomic E-state index is -4.42. The number of likely N-dealkylation sites (N-methyl/N-ethyl adjacent to an activating group) is 1. The maximum atomic E-state index is 12.6. The smallest absolute Gasteiger partial charge is 0.417 e. The molecule has 0 aromatic carbocycles. The van der Waals surface area contributed by atoms with Gasteiger partial charge in [-0.1, -0.05) is 13.8 Å². The topological polar surface area (TPSA) is 92.3 Å². The van der Waals surface area contributed by atoms with E-state index in [1.807, 2.05) is 32.7 Å². The van der Waals surface area contributed by atoms with Crippen LogP contribution in [-0.2, 0) is 11.0 Å². The van der Waals surface area contributed by atoms with Crippen LogP contribution in [0.2, 0.25) is 0 Å². The molecule has 32 heavy (non-hydrogen) atoms. The van der Waals surface area contributed by atoms with E-state index in [9.17, 15) is 18.0 Å². The van der Waals surface area contributed by atoms with E-state index in [2.05, 4.69) is 25.6 Å². The number of halogens is 3. The van der Waals surface area contributed by atoms with Crippen LogP contribution in [0, 0.1) is 12.8 Å². The molecule has 11 heteroatoms. The van der Waals surface area contributed by atoms with Crippen LogP contribution in [-0.4, -0.2) is 46.1 Å². The zero-order chi connectivity index (χ0) is 23.2. The third kappa shape index (κ3) is 4.28. The number of pyridine rings is 1. The number of hydrogen-bond acceptors (Lipinski definition) is 7. The lowest BCUT2D eigenvalue weighted by atomic mass is 9.89. The van der Waals surface area contributed by atoms with Crippen molar-refractivity contribution in [3.8, 4) is 5.88 Å². The summed E-state index contributed by atoms with van der Waals surface area (Å²) in [4.78, 5) is 27.1. The summed E-state index contributed by atoms with van der Waals surface area (Å²) in [7, 11) is 1.85. The minimum absolute atomic E-state index is 0.0660. The van der Waals surface area contributed by atoms with Gasteiger partial charge in [-0.25, -0.2) is 9.97 Å². The number of carbonyl (C=O) groups excluding carboxylic acids is 1. The largest absolute Gasteiger partial charge is 0.474 e. The van der Waals surface area contributed by atoms with Gasteiger partial charge in [-0.05, 0) is 18.9 Å². The minimum Gasteiger partial charge on any atom is -0.474 e. The number of amides is 1. The van der Waals surface area contributed by atoms with Crippen molar-refractivity contribution in [2.45, 2.75) is 58.0 Å². The van der Waals surface area contributed by atoms with E-state index < -0.39 is 11.7 Å². The number of carbonyl (C=O) groups is 1. The highest BCUT2D eigenvalue weighted by molar-refractivity contribution is 6.03. The molecule has 1 fully saturated rings. The van der Waals surface area contributed by atoms with Gasteiger partial charge in [-0.2, -0.15) is 18.2 Å².